The van der Waals surface area contributed by atoms with E-state index < -0.39 is 6.03 Å². The highest BCUT2D eigenvalue weighted by Crippen LogP contribution is 2.22. The summed E-state index contributed by atoms with van der Waals surface area (Å²) in [4.78, 5) is 24.0. The van der Waals surface area contributed by atoms with Crippen molar-refractivity contribution >= 4 is 29.0 Å². The molecule has 3 rings (SSSR count). The zero-order chi connectivity index (χ0) is 19.8. The van der Waals surface area contributed by atoms with Gasteiger partial charge in [0.25, 0.3) is 0 Å². The summed E-state index contributed by atoms with van der Waals surface area (Å²) >= 11 is 0. The molecule has 0 heterocycles. The second-order valence-electron chi connectivity index (χ2n) is 7.28. The van der Waals surface area contributed by atoms with Crippen molar-refractivity contribution in [1.82, 2.24) is 5.32 Å². The molecule has 148 valence electrons. The van der Waals surface area contributed by atoms with E-state index in [1.807, 2.05) is 49.4 Å². The highest BCUT2D eigenvalue weighted by atomic mass is 16.2. The Morgan fingerprint density at radius 2 is 1.61 bits per heavy atom. The standard InChI is InChI=1S/C22H28N4O2/c1-16-6-5-9-20(14-16)26-22(28)23-15-21(27)25-19-12-10-18(11-13-19)24-17-7-3-2-4-8-17/h5-6,9-14,17,24H,2-4,7-8,15H2,1H3,(H,25,27)(H2,23,26,28). The Morgan fingerprint density at radius 1 is 0.893 bits per heavy atom. The number of hydrogen-bond acceptors (Lipinski definition) is 3. The third-order valence-corrected chi connectivity index (χ3v) is 4.83. The van der Waals surface area contributed by atoms with Crippen LogP contribution in [0.1, 0.15) is 37.7 Å². The van der Waals surface area contributed by atoms with Gasteiger partial charge in [0.1, 0.15) is 0 Å². The molecule has 0 aromatic heterocycles. The van der Waals surface area contributed by atoms with Crippen molar-refractivity contribution in [3.8, 4) is 0 Å². The maximum absolute atomic E-state index is 12.1. The number of anilines is 3. The predicted molar refractivity (Wildman–Crippen MR) is 114 cm³/mol. The Balaban J connectivity index is 1.41. The Hall–Kier alpha value is -3.02. The van der Waals surface area contributed by atoms with E-state index in [2.05, 4.69) is 21.3 Å². The quantitative estimate of drug-likeness (QED) is 0.595. The minimum absolute atomic E-state index is 0.0975. The number of carbonyl (C=O) groups excluding carboxylic acids is 2. The summed E-state index contributed by atoms with van der Waals surface area (Å²) in [6.45, 7) is 1.85. The van der Waals surface area contributed by atoms with Crippen molar-refractivity contribution in [1.29, 1.82) is 0 Å². The minimum Gasteiger partial charge on any atom is -0.382 e. The monoisotopic (exact) mass is 380 g/mol. The lowest BCUT2D eigenvalue weighted by atomic mass is 9.95. The summed E-state index contributed by atoms with van der Waals surface area (Å²) < 4.78 is 0. The highest BCUT2D eigenvalue weighted by Gasteiger charge is 2.13. The SMILES string of the molecule is Cc1cccc(NC(=O)NCC(=O)Nc2ccc(NC3CCCCC3)cc2)c1. The molecular weight excluding hydrogens is 352 g/mol. The Kier molecular flexibility index (Phi) is 6.89. The summed E-state index contributed by atoms with van der Waals surface area (Å²) in [7, 11) is 0. The molecule has 28 heavy (non-hydrogen) atoms. The lowest BCUT2D eigenvalue weighted by Gasteiger charge is -2.23. The highest BCUT2D eigenvalue weighted by molar-refractivity contribution is 5.97. The maximum Gasteiger partial charge on any atom is 0.319 e. The minimum atomic E-state index is -0.409. The lowest BCUT2D eigenvalue weighted by molar-refractivity contribution is -0.115. The average Bonchev–Trinajstić information content (AvgIpc) is 2.69. The molecule has 2 aromatic carbocycles. The van der Waals surface area contributed by atoms with Crippen molar-refractivity contribution in [2.24, 2.45) is 0 Å². The molecule has 3 amide bonds. The first kappa shape index (κ1) is 19.7. The van der Waals surface area contributed by atoms with E-state index in [9.17, 15) is 9.59 Å². The zero-order valence-electron chi connectivity index (χ0n) is 16.3. The molecule has 0 saturated heterocycles. The van der Waals surface area contributed by atoms with Gasteiger partial charge in [0, 0.05) is 23.1 Å². The van der Waals surface area contributed by atoms with Crippen LogP contribution in [0.25, 0.3) is 0 Å². The number of aryl methyl sites for hydroxylation is 1. The Labute approximate surface area is 166 Å². The van der Waals surface area contributed by atoms with Crippen LogP contribution < -0.4 is 21.3 Å². The number of nitrogens with one attached hydrogen (secondary N) is 4. The van der Waals surface area contributed by atoms with Crippen LogP contribution in [0.2, 0.25) is 0 Å². The van der Waals surface area contributed by atoms with Gasteiger partial charge in [-0.15, -0.1) is 0 Å². The fraction of sp³-hybridized carbons (Fsp3) is 0.364. The summed E-state index contributed by atoms with van der Waals surface area (Å²) in [5.41, 5.74) is 3.52. The number of benzene rings is 2. The van der Waals surface area contributed by atoms with Crippen LogP contribution in [0.15, 0.2) is 48.5 Å². The van der Waals surface area contributed by atoms with E-state index in [1.165, 1.54) is 32.1 Å². The fourth-order valence-corrected chi connectivity index (χ4v) is 3.40. The molecule has 4 N–H and O–H groups in total. The zero-order valence-corrected chi connectivity index (χ0v) is 16.3. The van der Waals surface area contributed by atoms with Gasteiger partial charge < -0.3 is 21.3 Å². The van der Waals surface area contributed by atoms with Gasteiger partial charge in [0.2, 0.25) is 5.91 Å². The van der Waals surface area contributed by atoms with E-state index in [0.29, 0.717) is 17.4 Å². The predicted octanol–water partition coefficient (Wildman–Crippen LogP) is 4.50. The fourth-order valence-electron chi connectivity index (χ4n) is 3.40. The van der Waals surface area contributed by atoms with Crippen LogP contribution >= 0.6 is 0 Å². The molecule has 2 aromatic rings. The molecule has 1 aliphatic carbocycles. The topological polar surface area (TPSA) is 82.3 Å². The normalized spacial score (nSPS) is 14.2. The Bertz CT molecular complexity index is 798. The van der Waals surface area contributed by atoms with Crippen LogP contribution in [-0.2, 0) is 4.79 Å². The van der Waals surface area contributed by atoms with E-state index in [4.69, 9.17) is 0 Å². The summed E-state index contributed by atoms with van der Waals surface area (Å²) in [6.07, 6.45) is 6.34. The molecule has 0 unspecified atom stereocenters. The van der Waals surface area contributed by atoms with Crippen molar-refractivity contribution < 1.29 is 9.59 Å². The summed E-state index contributed by atoms with van der Waals surface area (Å²) in [5.74, 6) is -0.271. The third-order valence-electron chi connectivity index (χ3n) is 4.83. The molecule has 0 bridgehead atoms. The van der Waals surface area contributed by atoms with Gasteiger partial charge in [0.15, 0.2) is 0 Å². The molecule has 1 saturated carbocycles. The van der Waals surface area contributed by atoms with Gasteiger partial charge in [-0.3, -0.25) is 4.79 Å². The maximum atomic E-state index is 12.1. The van der Waals surface area contributed by atoms with Gasteiger partial charge >= 0.3 is 6.03 Å². The number of carbonyl (C=O) groups is 2. The molecule has 6 heteroatoms. The third kappa shape index (κ3) is 6.30. The smallest absolute Gasteiger partial charge is 0.319 e. The van der Waals surface area contributed by atoms with Crippen molar-refractivity contribution in [2.75, 3.05) is 22.5 Å². The van der Waals surface area contributed by atoms with Crippen LogP contribution in [0.5, 0.6) is 0 Å². The molecule has 0 radical (unpaired) electrons. The van der Waals surface area contributed by atoms with E-state index in [1.54, 1.807) is 6.07 Å². The first-order valence-electron chi connectivity index (χ1n) is 9.86. The van der Waals surface area contributed by atoms with Crippen LogP contribution in [-0.4, -0.2) is 24.5 Å². The molecule has 0 aliphatic heterocycles. The summed E-state index contributed by atoms with van der Waals surface area (Å²) in [5, 5.41) is 11.6. The van der Waals surface area contributed by atoms with Gasteiger partial charge in [-0.25, -0.2) is 4.79 Å². The Morgan fingerprint density at radius 3 is 2.32 bits per heavy atom. The van der Waals surface area contributed by atoms with E-state index in [-0.39, 0.29) is 12.5 Å². The van der Waals surface area contributed by atoms with E-state index in [0.717, 1.165) is 11.3 Å². The average molecular weight is 380 g/mol. The van der Waals surface area contributed by atoms with Crippen LogP contribution in [0.4, 0.5) is 21.9 Å². The first-order chi connectivity index (χ1) is 13.6. The molecule has 1 aliphatic rings. The molecule has 1 fully saturated rings. The number of hydrogen-bond donors (Lipinski definition) is 4. The van der Waals surface area contributed by atoms with Crippen molar-refractivity contribution in [2.45, 2.75) is 45.1 Å². The van der Waals surface area contributed by atoms with Gasteiger partial charge in [0.05, 0.1) is 6.54 Å². The van der Waals surface area contributed by atoms with Crippen LogP contribution in [0, 0.1) is 6.92 Å². The molecular formula is C22H28N4O2. The van der Waals surface area contributed by atoms with Gasteiger partial charge in [-0.1, -0.05) is 31.4 Å². The second-order valence-corrected chi connectivity index (χ2v) is 7.28. The lowest BCUT2D eigenvalue weighted by Crippen LogP contribution is -2.35. The molecule has 6 nitrogen and oxygen atoms in total. The second kappa shape index (κ2) is 9.78. The van der Waals surface area contributed by atoms with Gasteiger partial charge in [-0.2, -0.15) is 0 Å². The van der Waals surface area contributed by atoms with Crippen LogP contribution in [0.3, 0.4) is 0 Å². The number of amides is 3. The van der Waals surface area contributed by atoms with Crippen molar-refractivity contribution in [3.63, 3.8) is 0 Å². The molecule has 0 atom stereocenters. The number of urea groups is 1. The molecule has 0 spiro atoms. The van der Waals surface area contributed by atoms with Crippen molar-refractivity contribution in [3.05, 3.63) is 54.1 Å². The van der Waals surface area contributed by atoms with E-state index >= 15 is 0 Å². The number of rotatable bonds is 6. The first-order valence-corrected chi connectivity index (χ1v) is 9.86. The van der Waals surface area contributed by atoms with Gasteiger partial charge in [-0.05, 0) is 61.7 Å². The summed E-state index contributed by atoms with van der Waals surface area (Å²) in [6, 6.07) is 15.3. The largest absolute Gasteiger partial charge is 0.382 e.